The number of halogens is 2. The van der Waals surface area contributed by atoms with Gasteiger partial charge in [-0.15, -0.1) is 0 Å². The second kappa shape index (κ2) is 5.27. The van der Waals surface area contributed by atoms with Crippen molar-refractivity contribution < 1.29 is 13.3 Å². The third-order valence-corrected chi connectivity index (χ3v) is 4.62. The molecule has 0 atom stereocenters. The molecule has 1 aromatic carbocycles. The molecule has 5 heteroatoms. The Hall–Kier alpha value is -1.10. The predicted molar refractivity (Wildman–Crippen MR) is 85.5 cm³/mol. The molecule has 1 aliphatic rings. The fourth-order valence-corrected chi connectivity index (χ4v) is 3.75. The van der Waals surface area contributed by atoms with E-state index in [1.165, 1.54) is 6.07 Å². The van der Waals surface area contributed by atoms with Gasteiger partial charge in [-0.2, -0.15) is 0 Å². The average molecular weight is 296 g/mol. The van der Waals surface area contributed by atoms with Gasteiger partial charge in [0.15, 0.2) is 0 Å². The molecule has 1 fully saturated rings. The Balaban J connectivity index is 2.59. The maximum absolute atomic E-state index is 14.2. The Bertz CT molecular complexity index is 501. The van der Waals surface area contributed by atoms with E-state index in [4.69, 9.17) is 0 Å². The number of hydrogen-bond acceptors (Lipinski definition) is 2. The highest BCUT2D eigenvalue weighted by atomic mass is 19.3. The molecule has 0 aromatic heterocycles. The number of nitrogens with zero attached hydrogens (tertiary/aromatic N) is 1. The van der Waals surface area contributed by atoms with Crippen molar-refractivity contribution in [3.8, 4) is 0 Å². The van der Waals surface area contributed by atoms with Crippen LogP contribution in [0, 0.1) is 0 Å². The Morgan fingerprint density at radius 3 is 2.10 bits per heavy atom. The smallest absolute Gasteiger partial charge is 0.477 e. The summed E-state index contributed by atoms with van der Waals surface area (Å²) in [6.07, 6.45) is 3.11. The highest BCUT2D eigenvalue weighted by Crippen LogP contribution is 2.41. The Kier molecular flexibility index (Phi) is 4.09. The molecule has 0 aliphatic carbocycles. The lowest BCUT2D eigenvalue weighted by Crippen LogP contribution is -2.61. The van der Waals surface area contributed by atoms with Gasteiger partial charge in [-0.05, 0) is 60.1 Å². The van der Waals surface area contributed by atoms with Crippen molar-refractivity contribution in [3.63, 3.8) is 0 Å². The van der Waals surface area contributed by atoms with E-state index in [-0.39, 0.29) is 16.5 Å². The van der Waals surface area contributed by atoms with Gasteiger partial charge in [-0.1, -0.05) is 23.7 Å². The third kappa shape index (κ3) is 2.93. The average Bonchev–Trinajstić information content (AvgIpc) is 2.37. The van der Waals surface area contributed by atoms with Gasteiger partial charge in [0, 0.05) is 16.8 Å². The first kappa shape index (κ1) is 16.3. The summed E-state index contributed by atoms with van der Waals surface area (Å²) in [5.74, 6) is 0. The molecule has 0 spiro atoms. The van der Waals surface area contributed by atoms with E-state index < -0.39 is 6.90 Å². The predicted octanol–water partition coefficient (Wildman–Crippen LogP) is 3.97. The number of anilines is 1. The number of para-hydroxylation sites is 1. The molecule has 1 aliphatic heterocycles. The van der Waals surface area contributed by atoms with E-state index in [0.29, 0.717) is 5.69 Å². The standard InChI is InChI=1S/C16H25BF2NO/c1-15(2)11-8-12-16(3,4)20(15)14-10-7-6-9-13(14)17(18,19)21-5/h6-7,9-10H,8,11-12H2,1-5H3/q-1. The van der Waals surface area contributed by atoms with Crippen LogP contribution in [0.5, 0.6) is 0 Å². The second-order valence-corrected chi connectivity index (χ2v) is 7.21. The molecule has 1 aromatic rings. The van der Waals surface area contributed by atoms with Gasteiger partial charge in [0.1, 0.15) is 0 Å². The zero-order valence-corrected chi connectivity index (χ0v) is 13.6. The fourth-order valence-electron chi connectivity index (χ4n) is 3.75. The van der Waals surface area contributed by atoms with Crippen molar-refractivity contribution in [2.45, 2.75) is 58.0 Å². The van der Waals surface area contributed by atoms with Crippen LogP contribution < -0.4 is 10.4 Å². The van der Waals surface area contributed by atoms with Crippen molar-refractivity contribution in [3.05, 3.63) is 24.3 Å². The number of rotatable bonds is 3. The molecule has 0 amide bonds. The van der Waals surface area contributed by atoms with Crippen LogP contribution in [0.25, 0.3) is 0 Å². The molecule has 1 heterocycles. The van der Waals surface area contributed by atoms with Gasteiger partial charge in [0.05, 0.1) is 0 Å². The summed E-state index contributed by atoms with van der Waals surface area (Å²) in [5, 5.41) is 0. The molecule has 2 nitrogen and oxygen atoms in total. The van der Waals surface area contributed by atoms with Gasteiger partial charge >= 0.3 is 6.90 Å². The van der Waals surface area contributed by atoms with E-state index in [1.807, 2.05) is 6.07 Å². The van der Waals surface area contributed by atoms with Crippen LogP contribution in [0.15, 0.2) is 24.3 Å². The SMILES string of the molecule is CO[B-](F)(F)c1ccccc1N1C(C)(C)CCCC1(C)C. The summed E-state index contributed by atoms with van der Waals surface area (Å²) in [5.41, 5.74) is 0.289. The normalized spacial score (nSPS) is 21.4. The highest BCUT2D eigenvalue weighted by Gasteiger charge is 2.43. The first-order valence-corrected chi connectivity index (χ1v) is 7.57. The molecule has 21 heavy (non-hydrogen) atoms. The minimum atomic E-state index is -3.98. The summed E-state index contributed by atoms with van der Waals surface area (Å²) in [6, 6.07) is 6.75. The topological polar surface area (TPSA) is 12.5 Å². The third-order valence-electron chi connectivity index (χ3n) is 4.62. The summed E-state index contributed by atoms with van der Waals surface area (Å²) < 4.78 is 32.9. The lowest BCUT2D eigenvalue weighted by Gasteiger charge is -2.56. The largest absolute Gasteiger partial charge is 0.537 e. The van der Waals surface area contributed by atoms with Crippen LogP contribution in [-0.2, 0) is 4.65 Å². The Morgan fingerprint density at radius 1 is 1.05 bits per heavy atom. The number of benzene rings is 1. The first-order valence-electron chi connectivity index (χ1n) is 7.57. The molecule has 118 valence electrons. The lowest BCUT2D eigenvalue weighted by molar-refractivity contribution is 0.244. The molecular formula is C16H25BF2NO-. The zero-order chi connectivity index (χ0) is 15.9. The van der Waals surface area contributed by atoms with Crippen LogP contribution in [0.1, 0.15) is 47.0 Å². The quantitative estimate of drug-likeness (QED) is 0.783. The molecule has 0 saturated carbocycles. The van der Waals surface area contributed by atoms with Crippen molar-refractivity contribution in [2.24, 2.45) is 0 Å². The van der Waals surface area contributed by atoms with Crippen LogP contribution in [0.3, 0.4) is 0 Å². The maximum atomic E-state index is 14.2. The van der Waals surface area contributed by atoms with Crippen LogP contribution in [-0.4, -0.2) is 25.1 Å². The monoisotopic (exact) mass is 296 g/mol. The molecule has 0 radical (unpaired) electrons. The van der Waals surface area contributed by atoms with Gasteiger partial charge in [0.2, 0.25) is 0 Å². The van der Waals surface area contributed by atoms with Crippen LogP contribution in [0.2, 0.25) is 0 Å². The number of hydrogen-bond donors (Lipinski definition) is 0. The molecular weight excluding hydrogens is 271 g/mol. The maximum Gasteiger partial charge on any atom is 0.477 e. The Labute approximate surface area is 126 Å². The molecule has 0 unspecified atom stereocenters. The van der Waals surface area contributed by atoms with E-state index >= 15 is 0 Å². The van der Waals surface area contributed by atoms with Crippen molar-refractivity contribution in [1.29, 1.82) is 0 Å². The first-order chi connectivity index (χ1) is 9.62. The van der Waals surface area contributed by atoms with Gasteiger partial charge in [0.25, 0.3) is 0 Å². The summed E-state index contributed by atoms with van der Waals surface area (Å²) in [7, 11) is 1.07. The minimum Gasteiger partial charge on any atom is -0.537 e. The van der Waals surface area contributed by atoms with Gasteiger partial charge < -0.3 is 18.2 Å². The molecule has 2 rings (SSSR count). The molecule has 1 saturated heterocycles. The van der Waals surface area contributed by atoms with E-state index in [9.17, 15) is 8.63 Å². The summed E-state index contributed by atoms with van der Waals surface area (Å²) in [4.78, 5) is 2.16. The lowest BCUT2D eigenvalue weighted by atomic mass is 9.72. The van der Waals surface area contributed by atoms with E-state index in [1.54, 1.807) is 12.1 Å². The zero-order valence-electron chi connectivity index (χ0n) is 13.6. The minimum absolute atomic E-state index is 0.00282. The summed E-state index contributed by atoms with van der Waals surface area (Å²) >= 11 is 0. The molecule has 0 bridgehead atoms. The van der Waals surface area contributed by atoms with Crippen molar-refractivity contribution >= 4 is 18.1 Å². The highest BCUT2D eigenvalue weighted by molar-refractivity contribution is 6.75. The van der Waals surface area contributed by atoms with Crippen molar-refractivity contribution in [1.82, 2.24) is 0 Å². The van der Waals surface area contributed by atoms with Crippen LogP contribution >= 0.6 is 0 Å². The Morgan fingerprint density at radius 2 is 1.57 bits per heavy atom. The molecule has 0 N–H and O–H groups in total. The van der Waals surface area contributed by atoms with E-state index in [0.717, 1.165) is 26.4 Å². The summed E-state index contributed by atoms with van der Waals surface area (Å²) in [6.45, 7) is 4.53. The van der Waals surface area contributed by atoms with Crippen molar-refractivity contribution in [2.75, 3.05) is 12.0 Å². The van der Waals surface area contributed by atoms with Crippen LogP contribution in [0.4, 0.5) is 14.3 Å². The fraction of sp³-hybridized carbons (Fsp3) is 0.625. The second-order valence-electron chi connectivity index (χ2n) is 7.21. The van der Waals surface area contributed by atoms with E-state index in [2.05, 4.69) is 37.2 Å². The van der Waals surface area contributed by atoms with Gasteiger partial charge in [-0.25, -0.2) is 0 Å². The van der Waals surface area contributed by atoms with Gasteiger partial charge in [-0.3, -0.25) is 0 Å². The number of piperidine rings is 1.